The summed E-state index contributed by atoms with van der Waals surface area (Å²) in [6.07, 6.45) is 0. The molecule has 0 aliphatic heterocycles. The summed E-state index contributed by atoms with van der Waals surface area (Å²) in [5.74, 6) is 0. The molecule has 1 unspecified atom stereocenters. The second-order valence-corrected chi connectivity index (χ2v) is 17.8. The quantitative estimate of drug-likeness (QED) is 0.195. The fourth-order valence-electron chi connectivity index (χ4n) is 7.15. The van der Waals surface area contributed by atoms with Crippen LogP contribution in [0.15, 0.2) is 127 Å². The van der Waals surface area contributed by atoms with Gasteiger partial charge in [-0.25, -0.2) is 0 Å². The number of fused-ring (bicyclic) bond motifs is 4. The third-order valence-electron chi connectivity index (χ3n) is 9.06. The van der Waals surface area contributed by atoms with E-state index < -0.39 is 21.3 Å². The van der Waals surface area contributed by atoms with E-state index in [1.807, 2.05) is 0 Å². The van der Waals surface area contributed by atoms with E-state index in [1.54, 1.807) is 25.5 Å². The summed E-state index contributed by atoms with van der Waals surface area (Å²) in [7, 11) is 0. The van der Waals surface area contributed by atoms with Gasteiger partial charge in [-0.2, -0.15) is 0 Å². The summed E-state index contributed by atoms with van der Waals surface area (Å²) in [5, 5.41) is 0. The average molecular weight is 594 g/mol. The molecule has 194 valence electrons. The molecule has 0 amide bonds. The molecule has 0 aromatic heterocycles. The van der Waals surface area contributed by atoms with Crippen LogP contribution in [0.3, 0.4) is 0 Å². The molecule has 5 aromatic carbocycles. The second-order valence-electron chi connectivity index (χ2n) is 11.5. The van der Waals surface area contributed by atoms with Gasteiger partial charge >= 0.3 is 248 Å². The van der Waals surface area contributed by atoms with Crippen LogP contribution in [0.1, 0.15) is 65.6 Å². The summed E-state index contributed by atoms with van der Waals surface area (Å²) in [6, 6.07) is 46.3. The summed E-state index contributed by atoms with van der Waals surface area (Å²) < 4.78 is 2.53. The molecule has 0 saturated heterocycles. The van der Waals surface area contributed by atoms with Crippen LogP contribution in [0.5, 0.6) is 0 Å². The van der Waals surface area contributed by atoms with E-state index in [0.717, 1.165) is 0 Å². The minimum absolute atomic E-state index is 0.432. The van der Waals surface area contributed by atoms with Crippen molar-refractivity contribution in [1.82, 2.24) is 0 Å². The Kier molecular flexibility index (Phi) is 6.52. The van der Waals surface area contributed by atoms with E-state index >= 15 is 0 Å². The molecule has 2 aliphatic carbocycles. The molecule has 1 atom stereocenters. The van der Waals surface area contributed by atoms with Crippen molar-refractivity contribution in [2.24, 2.45) is 0 Å². The van der Waals surface area contributed by atoms with Crippen molar-refractivity contribution in [3.8, 4) is 11.1 Å². The minimum atomic E-state index is -2.78. The Bertz CT molecular complexity index is 1730. The van der Waals surface area contributed by atoms with Crippen LogP contribution in [0, 0.1) is 13.8 Å². The second kappa shape index (κ2) is 10.2. The van der Waals surface area contributed by atoms with Gasteiger partial charge < -0.3 is 0 Å². The molecule has 0 nitrogen and oxygen atoms in total. The van der Waals surface area contributed by atoms with Crippen LogP contribution < -0.4 is 0 Å². The first kappa shape index (κ1) is 25.6. The van der Waals surface area contributed by atoms with Crippen LogP contribution in [0.2, 0.25) is 0 Å². The van der Waals surface area contributed by atoms with Crippen molar-refractivity contribution in [2.75, 3.05) is 0 Å². The van der Waals surface area contributed by atoms with E-state index in [2.05, 4.69) is 149 Å². The number of aryl methyl sites for hydroxylation is 2. The number of hydrogen-bond acceptors (Lipinski definition) is 0. The zero-order chi connectivity index (χ0) is 27.4. The van der Waals surface area contributed by atoms with Crippen molar-refractivity contribution in [3.63, 3.8) is 0 Å². The van der Waals surface area contributed by atoms with Crippen LogP contribution in [-0.4, -0.2) is 3.21 Å². The molecular weight excluding hydrogens is 560 g/mol. The molecule has 0 bridgehead atoms. The number of hydrogen-bond donors (Lipinski definition) is 0. The molecule has 0 spiro atoms. The van der Waals surface area contributed by atoms with Gasteiger partial charge in [0.15, 0.2) is 0 Å². The van der Waals surface area contributed by atoms with Gasteiger partial charge in [0, 0.05) is 0 Å². The van der Waals surface area contributed by atoms with E-state index in [9.17, 15) is 0 Å². The predicted octanol–water partition coefficient (Wildman–Crippen LogP) is 9.81. The summed E-state index contributed by atoms with van der Waals surface area (Å²) in [5.41, 5.74) is 17.5. The van der Waals surface area contributed by atoms with Gasteiger partial charge in [-0.3, -0.25) is 0 Å². The van der Waals surface area contributed by atoms with Crippen LogP contribution in [0.4, 0.5) is 0 Å². The van der Waals surface area contributed by atoms with Gasteiger partial charge in [0.25, 0.3) is 0 Å². The first-order chi connectivity index (χ1) is 19.5. The van der Waals surface area contributed by atoms with Gasteiger partial charge in [-0.1, -0.05) is 0 Å². The molecule has 0 N–H and O–H groups in total. The Hall–Kier alpha value is -3.41. The number of benzene rings is 5. The van der Waals surface area contributed by atoms with Crippen molar-refractivity contribution in [1.29, 1.82) is 0 Å². The molecule has 5 aromatic rings. The zero-order valence-corrected chi connectivity index (χ0v) is 26.2. The first-order valence-electron chi connectivity index (χ1n) is 14.4. The molecule has 0 fully saturated rings. The van der Waals surface area contributed by atoms with Gasteiger partial charge in [0.2, 0.25) is 0 Å². The van der Waals surface area contributed by atoms with E-state index in [1.165, 1.54) is 44.5 Å². The van der Waals surface area contributed by atoms with Crippen molar-refractivity contribution < 1.29 is 21.3 Å². The van der Waals surface area contributed by atoms with Gasteiger partial charge in [0.05, 0.1) is 0 Å². The van der Waals surface area contributed by atoms with Crippen molar-refractivity contribution in [2.45, 2.75) is 34.9 Å². The SMILES string of the molecule is CC1=C(C)[CH]([Zr](=[C](c2ccccc2)c2ccccc2)[CH]2c3cc(C)ccc3-c3ccc(C)cc32)c2ccccc21. The van der Waals surface area contributed by atoms with Crippen molar-refractivity contribution in [3.05, 3.63) is 171 Å². The Labute approximate surface area is 246 Å². The molecular formula is C39H34Zr. The predicted molar refractivity (Wildman–Crippen MR) is 167 cm³/mol. The molecule has 0 saturated carbocycles. The maximum absolute atomic E-state index is 2.78. The summed E-state index contributed by atoms with van der Waals surface area (Å²) >= 11 is -2.78. The third-order valence-corrected chi connectivity index (χ3v) is 18.3. The molecule has 0 radical (unpaired) electrons. The van der Waals surface area contributed by atoms with E-state index in [-0.39, 0.29) is 0 Å². The fraction of sp³-hybridized carbons (Fsp3) is 0.154. The number of allylic oxidation sites excluding steroid dienone is 2. The average Bonchev–Trinajstić information content (AvgIpc) is 3.42. The van der Waals surface area contributed by atoms with Crippen molar-refractivity contribution >= 4 is 8.78 Å². The Morgan fingerprint density at radius 3 is 1.52 bits per heavy atom. The van der Waals surface area contributed by atoms with Gasteiger partial charge in [-0.15, -0.1) is 0 Å². The van der Waals surface area contributed by atoms with Crippen LogP contribution in [0.25, 0.3) is 16.7 Å². The standard InChI is InChI=1S/C15H13.C13H10.C11H11.Zr/c1-10-3-5-14-12(7-10)9-13-8-11(2)4-6-15(13)14;1-3-7-12(8-4-1)11-13-9-5-2-6-10-13;1-8-7-10-5-3-4-6-11(10)9(8)2;/h3-9H,1-2H3;1-10H;3-7H,1-2H3;. The third kappa shape index (κ3) is 4.10. The zero-order valence-electron chi connectivity index (χ0n) is 23.7. The van der Waals surface area contributed by atoms with Gasteiger partial charge in [-0.05, 0) is 0 Å². The van der Waals surface area contributed by atoms with Crippen LogP contribution >= 0.6 is 0 Å². The van der Waals surface area contributed by atoms with Gasteiger partial charge in [0.1, 0.15) is 0 Å². The topological polar surface area (TPSA) is 0 Å². The Morgan fingerprint density at radius 2 is 0.975 bits per heavy atom. The molecule has 2 aliphatic rings. The van der Waals surface area contributed by atoms with Crippen LogP contribution in [-0.2, 0) is 21.3 Å². The maximum atomic E-state index is 2.51. The molecule has 1 heteroatoms. The fourth-order valence-corrected chi connectivity index (χ4v) is 17.8. The van der Waals surface area contributed by atoms with E-state index in [0.29, 0.717) is 7.25 Å². The monoisotopic (exact) mass is 592 g/mol. The van der Waals surface area contributed by atoms with E-state index in [4.69, 9.17) is 0 Å². The Balaban J connectivity index is 1.66. The summed E-state index contributed by atoms with van der Waals surface area (Å²) in [4.78, 5) is 0. The number of rotatable bonds is 4. The molecule has 0 heterocycles. The molecule has 40 heavy (non-hydrogen) atoms. The Morgan fingerprint density at radius 1 is 0.475 bits per heavy atom. The summed E-state index contributed by atoms with van der Waals surface area (Å²) in [6.45, 7) is 9.30. The normalized spacial score (nSPS) is 15.6. The molecule has 7 rings (SSSR count). The first-order valence-corrected chi connectivity index (χ1v) is 18.4.